The number of para-hydroxylation sites is 1. The van der Waals surface area contributed by atoms with E-state index < -0.39 is 0 Å². The molecule has 1 saturated heterocycles. The highest BCUT2D eigenvalue weighted by Crippen LogP contribution is 2.26. The van der Waals surface area contributed by atoms with Crippen LogP contribution >= 0.6 is 11.3 Å². The summed E-state index contributed by atoms with van der Waals surface area (Å²) in [6.45, 7) is 1.35. The Labute approximate surface area is 195 Å². The van der Waals surface area contributed by atoms with Gasteiger partial charge in [-0.3, -0.25) is 4.79 Å². The van der Waals surface area contributed by atoms with Gasteiger partial charge in [-0.05, 0) is 54.1 Å². The maximum absolute atomic E-state index is 13.8. The molecule has 0 N–H and O–H groups in total. The van der Waals surface area contributed by atoms with E-state index >= 15 is 0 Å². The fourth-order valence-corrected chi connectivity index (χ4v) is 4.67. The van der Waals surface area contributed by atoms with Crippen molar-refractivity contribution >= 4 is 17.2 Å². The second-order valence-corrected chi connectivity index (χ2v) is 8.88. The fourth-order valence-electron chi connectivity index (χ4n) is 3.97. The first-order valence-electron chi connectivity index (χ1n) is 10.9. The molecule has 1 atom stereocenters. The van der Waals surface area contributed by atoms with E-state index in [1.807, 2.05) is 53.9 Å². The molecule has 33 heavy (non-hydrogen) atoms. The second-order valence-electron chi connectivity index (χ2n) is 7.93. The van der Waals surface area contributed by atoms with Crippen LogP contribution in [0.4, 0.5) is 4.39 Å². The molecule has 1 fully saturated rings. The lowest BCUT2D eigenvalue weighted by Gasteiger charge is -2.24. The molecule has 4 aromatic rings. The summed E-state index contributed by atoms with van der Waals surface area (Å²) in [7, 11) is 0. The van der Waals surface area contributed by atoms with Crippen LogP contribution in [0.3, 0.4) is 0 Å². The highest BCUT2D eigenvalue weighted by Gasteiger charge is 2.28. The quantitative estimate of drug-likeness (QED) is 0.390. The van der Waals surface area contributed by atoms with E-state index in [2.05, 4.69) is 10.1 Å². The van der Waals surface area contributed by atoms with Crippen molar-refractivity contribution in [3.8, 4) is 16.4 Å². The van der Waals surface area contributed by atoms with Gasteiger partial charge < -0.3 is 9.64 Å². The van der Waals surface area contributed by atoms with Gasteiger partial charge in [-0.15, -0.1) is 16.4 Å². The lowest BCUT2D eigenvalue weighted by Crippen LogP contribution is -2.37. The number of hydrogen-bond donors (Lipinski definition) is 0. The topological polar surface area (TPSA) is 60.2 Å². The molecule has 1 amide bonds. The minimum atomic E-state index is -0.330. The van der Waals surface area contributed by atoms with Crippen molar-refractivity contribution in [2.45, 2.75) is 25.5 Å². The van der Waals surface area contributed by atoms with Gasteiger partial charge in [0.1, 0.15) is 5.82 Å². The monoisotopic (exact) mass is 462 g/mol. The van der Waals surface area contributed by atoms with Gasteiger partial charge in [0.25, 0.3) is 5.91 Å². The molecule has 0 bridgehead atoms. The zero-order valence-electron chi connectivity index (χ0n) is 17.9. The Morgan fingerprint density at radius 2 is 2.03 bits per heavy atom. The predicted octanol–water partition coefficient (Wildman–Crippen LogP) is 4.96. The van der Waals surface area contributed by atoms with E-state index in [9.17, 15) is 9.18 Å². The average Bonchev–Trinajstić information content (AvgIpc) is 3.60. The highest BCUT2D eigenvalue weighted by molar-refractivity contribution is 7.13. The summed E-state index contributed by atoms with van der Waals surface area (Å²) < 4.78 is 21.3. The van der Waals surface area contributed by atoms with Crippen molar-refractivity contribution in [1.82, 2.24) is 19.7 Å². The van der Waals surface area contributed by atoms with Crippen LogP contribution < -0.4 is 0 Å². The number of amides is 1. The van der Waals surface area contributed by atoms with Crippen molar-refractivity contribution in [1.29, 1.82) is 0 Å². The molecule has 6 nitrogen and oxygen atoms in total. The Morgan fingerprint density at radius 1 is 1.15 bits per heavy atom. The molecule has 168 valence electrons. The third-order valence-corrected chi connectivity index (χ3v) is 6.40. The molecule has 5 rings (SSSR count). The van der Waals surface area contributed by atoms with Crippen LogP contribution in [0.5, 0.6) is 0 Å². The first-order valence-corrected chi connectivity index (χ1v) is 11.8. The minimum absolute atomic E-state index is 0.0458. The van der Waals surface area contributed by atoms with Crippen LogP contribution in [-0.4, -0.2) is 44.8 Å². The van der Waals surface area contributed by atoms with Gasteiger partial charge >= 0.3 is 0 Å². The number of thiophene rings is 1. The van der Waals surface area contributed by atoms with Crippen LogP contribution in [0.2, 0.25) is 0 Å². The second kappa shape index (κ2) is 9.64. The maximum atomic E-state index is 13.8. The number of benzene rings is 2. The SMILES string of the molecule is O=C(c1nc(-c2cccs2)n(-c2ccccc2)n1)N(Cc1cccc(F)c1)CC1CCCO1. The Kier molecular flexibility index (Phi) is 6.28. The number of carbonyl (C=O) groups is 1. The lowest BCUT2D eigenvalue weighted by molar-refractivity contribution is 0.0498. The summed E-state index contributed by atoms with van der Waals surface area (Å²) in [6.07, 6.45) is 1.81. The standard InChI is InChI=1S/C25H23FN4O2S/c26-19-8-4-7-18(15-19)16-29(17-21-11-5-13-32-21)25(31)23-27-24(22-12-6-14-33-22)30(28-23)20-9-2-1-3-10-20/h1-4,6-10,12,14-15,21H,5,11,13,16-17H2. The molecular formula is C25H23FN4O2S. The van der Waals surface area contributed by atoms with Crippen molar-refractivity contribution in [2.24, 2.45) is 0 Å². The van der Waals surface area contributed by atoms with Gasteiger partial charge in [0.2, 0.25) is 5.82 Å². The van der Waals surface area contributed by atoms with Crippen LogP contribution in [0.15, 0.2) is 72.1 Å². The van der Waals surface area contributed by atoms with E-state index in [1.54, 1.807) is 15.6 Å². The normalized spacial score (nSPS) is 15.6. The average molecular weight is 463 g/mol. The first-order chi connectivity index (χ1) is 16.2. The lowest BCUT2D eigenvalue weighted by atomic mass is 10.1. The Hall–Kier alpha value is -3.36. The van der Waals surface area contributed by atoms with Crippen molar-refractivity contribution < 1.29 is 13.9 Å². The van der Waals surface area contributed by atoms with Crippen LogP contribution in [0.25, 0.3) is 16.4 Å². The van der Waals surface area contributed by atoms with Crippen molar-refractivity contribution in [2.75, 3.05) is 13.2 Å². The molecule has 1 unspecified atom stereocenters. The largest absolute Gasteiger partial charge is 0.376 e. The zero-order valence-corrected chi connectivity index (χ0v) is 18.7. The van der Waals surface area contributed by atoms with Crippen LogP contribution in [-0.2, 0) is 11.3 Å². The summed E-state index contributed by atoms with van der Waals surface area (Å²) in [5.74, 6) is 0.0877. The minimum Gasteiger partial charge on any atom is -0.376 e. The zero-order chi connectivity index (χ0) is 22.6. The third kappa shape index (κ3) is 4.86. The summed E-state index contributed by atoms with van der Waals surface area (Å²) in [5.41, 5.74) is 1.53. The molecule has 0 radical (unpaired) electrons. The van der Waals surface area contributed by atoms with Crippen molar-refractivity contribution in [3.05, 3.63) is 89.3 Å². The number of carbonyl (C=O) groups excluding carboxylic acids is 1. The predicted molar refractivity (Wildman–Crippen MR) is 125 cm³/mol. The van der Waals surface area contributed by atoms with Gasteiger partial charge in [-0.2, -0.15) is 0 Å². The molecule has 0 saturated carbocycles. The molecule has 1 aliphatic rings. The smallest absolute Gasteiger partial charge is 0.293 e. The van der Waals surface area contributed by atoms with E-state index in [-0.39, 0.29) is 30.2 Å². The van der Waals surface area contributed by atoms with E-state index in [4.69, 9.17) is 4.74 Å². The van der Waals surface area contributed by atoms with Crippen LogP contribution in [0, 0.1) is 5.82 Å². The molecule has 2 aromatic heterocycles. The van der Waals surface area contributed by atoms with E-state index in [1.165, 1.54) is 23.5 Å². The Morgan fingerprint density at radius 3 is 2.76 bits per heavy atom. The van der Waals surface area contributed by atoms with Gasteiger partial charge in [0.15, 0.2) is 5.82 Å². The van der Waals surface area contributed by atoms with Gasteiger partial charge in [0, 0.05) is 19.7 Å². The summed E-state index contributed by atoms with van der Waals surface area (Å²) in [4.78, 5) is 20.8. The molecule has 3 heterocycles. The first kappa shape index (κ1) is 21.5. The number of ether oxygens (including phenoxy) is 1. The van der Waals surface area contributed by atoms with Gasteiger partial charge in [-0.25, -0.2) is 14.1 Å². The number of rotatable bonds is 7. The van der Waals surface area contributed by atoms with Crippen LogP contribution in [0.1, 0.15) is 29.0 Å². The fraction of sp³-hybridized carbons (Fsp3) is 0.240. The highest BCUT2D eigenvalue weighted by atomic mass is 32.1. The summed E-state index contributed by atoms with van der Waals surface area (Å²) in [6, 6.07) is 19.8. The van der Waals surface area contributed by atoms with Gasteiger partial charge in [0.05, 0.1) is 16.7 Å². The molecule has 0 spiro atoms. The molecule has 1 aliphatic heterocycles. The summed E-state index contributed by atoms with van der Waals surface area (Å²) in [5, 5.41) is 6.56. The maximum Gasteiger partial charge on any atom is 0.293 e. The number of hydrogen-bond acceptors (Lipinski definition) is 5. The number of nitrogens with zero attached hydrogens (tertiary/aromatic N) is 4. The molecular weight excluding hydrogens is 439 g/mol. The third-order valence-electron chi connectivity index (χ3n) is 5.54. The molecule has 2 aromatic carbocycles. The number of aromatic nitrogens is 3. The van der Waals surface area contributed by atoms with Gasteiger partial charge in [-0.1, -0.05) is 36.4 Å². The Balaban J connectivity index is 1.50. The molecule has 0 aliphatic carbocycles. The van der Waals surface area contributed by atoms with Crippen molar-refractivity contribution in [3.63, 3.8) is 0 Å². The number of halogens is 1. The van der Waals surface area contributed by atoms with E-state index in [0.717, 1.165) is 23.4 Å². The Bertz CT molecular complexity index is 1220. The van der Waals surface area contributed by atoms with E-state index in [0.29, 0.717) is 24.5 Å². The summed E-state index contributed by atoms with van der Waals surface area (Å²) >= 11 is 1.54. The molecule has 8 heteroatoms.